The Morgan fingerprint density at radius 1 is 1.22 bits per heavy atom. The molecule has 1 aromatic rings. The minimum atomic E-state index is -1.08. The fourth-order valence-electron chi connectivity index (χ4n) is 3.07. The van der Waals surface area contributed by atoms with Crippen LogP contribution in [0.5, 0.6) is 0 Å². The Bertz CT molecular complexity index is 1060. The summed E-state index contributed by atoms with van der Waals surface area (Å²) in [4.78, 5) is 56.0. The molecule has 1 aliphatic heterocycles. The van der Waals surface area contributed by atoms with E-state index in [0.29, 0.717) is 30.0 Å². The average Bonchev–Trinajstić information content (AvgIpc) is 3.24. The topological polar surface area (TPSA) is 162 Å². The van der Waals surface area contributed by atoms with Crippen molar-refractivity contribution in [2.75, 3.05) is 19.5 Å². The zero-order chi connectivity index (χ0) is 26.9. The van der Waals surface area contributed by atoms with Gasteiger partial charge >= 0.3 is 11.9 Å². The van der Waals surface area contributed by atoms with Gasteiger partial charge < -0.3 is 30.2 Å². The van der Waals surface area contributed by atoms with E-state index < -0.39 is 29.6 Å². The number of amides is 2. The third-order valence-corrected chi connectivity index (χ3v) is 5.21. The van der Waals surface area contributed by atoms with Crippen LogP contribution in [0.2, 0.25) is 0 Å². The monoisotopic (exact) mass is 503 g/mol. The van der Waals surface area contributed by atoms with Crippen LogP contribution in [0.4, 0.5) is 11.6 Å². The molecule has 0 aromatic carbocycles. The summed E-state index contributed by atoms with van der Waals surface area (Å²) < 4.78 is 9.21. The van der Waals surface area contributed by atoms with Crippen molar-refractivity contribution < 1.29 is 33.8 Å². The summed E-state index contributed by atoms with van der Waals surface area (Å²) in [5, 5.41) is 15.9. The van der Waals surface area contributed by atoms with E-state index in [4.69, 9.17) is 0 Å². The van der Waals surface area contributed by atoms with Crippen molar-refractivity contribution in [1.29, 1.82) is 0 Å². The molecule has 4 N–H and O–H groups in total. The molecule has 2 atom stereocenters. The first kappa shape index (κ1) is 28.4. The minimum Gasteiger partial charge on any atom is -0.469 e. The van der Waals surface area contributed by atoms with E-state index in [2.05, 4.69) is 42.0 Å². The van der Waals surface area contributed by atoms with Gasteiger partial charge in [-0.15, -0.1) is 0 Å². The number of nitrogens with zero attached hydrogens (tertiary/aromatic N) is 2. The Labute approximate surface area is 209 Å². The number of methoxy groups -OCH3 is 2. The molecule has 0 saturated heterocycles. The number of aromatic nitrogens is 1. The lowest BCUT2D eigenvalue weighted by atomic mass is 9.96. The van der Waals surface area contributed by atoms with Crippen LogP contribution in [0.15, 0.2) is 11.1 Å². The van der Waals surface area contributed by atoms with Crippen LogP contribution < -0.4 is 10.6 Å². The van der Waals surface area contributed by atoms with Gasteiger partial charge in [-0.3, -0.25) is 19.3 Å². The van der Waals surface area contributed by atoms with Gasteiger partial charge in [0.05, 0.1) is 14.2 Å². The van der Waals surface area contributed by atoms with Crippen LogP contribution in [0.25, 0.3) is 0 Å². The van der Waals surface area contributed by atoms with Crippen LogP contribution in [0.1, 0.15) is 64.7 Å². The van der Waals surface area contributed by atoms with E-state index in [1.54, 1.807) is 26.8 Å². The number of carbonyl (C=O) groups is 4. The van der Waals surface area contributed by atoms with E-state index in [1.165, 1.54) is 25.5 Å². The number of carbonyl (C=O) groups excluding carboxylic acids is 4. The molecule has 0 bridgehead atoms. The van der Waals surface area contributed by atoms with E-state index in [1.807, 2.05) is 0 Å². The molecule has 1 aliphatic rings. The SMILES string of the molecule is COC(=O)CC[C@@H](NC(=O)CCCC#CN1C=Nc2[nH]c(NC(=O)C(C)(C)C)cc2C1O)C(=O)OC. The smallest absolute Gasteiger partial charge is 0.328 e. The molecule has 0 aliphatic carbocycles. The highest BCUT2D eigenvalue weighted by atomic mass is 16.5. The number of aliphatic imine (C=N–C) groups is 1. The molecule has 1 unspecified atom stereocenters. The second-order valence-electron chi connectivity index (χ2n) is 9.12. The van der Waals surface area contributed by atoms with E-state index >= 15 is 0 Å². The minimum absolute atomic E-state index is 0.0327. The summed E-state index contributed by atoms with van der Waals surface area (Å²) in [7, 11) is 2.44. The summed E-state index contributed by atoms with van der Waals surface area (Å²) in [5.41, 5.74) is -0.109. The Morgan fingerprint density at radius 3 is 2.58 bits per heavy atom. The van der Waals surface area contributed by atoms with Crippen LogP contribution >= 0.6 is 0 Å². The number of aliphatic hydroxyl groups is 1. The highest BCUT2D eigenvalue weighted by Gasteiger charge is 2.27. The Hall–Kier alpha value is -3.85. The lowest BCUT2D eigenvalue weighted by Gasteiger charge is -2.22. The molecule has 2 heterocycles. The number of nitrogens with one attached hydrogen (secondary N) is 3. The largest absolute Gasteiger partial charge is 0.469 e. The maximum atomic E-state index is 12.2. The zero-order valence-corrected chi connectivity index (χ0v) is 21.1. The summed E-state index contributed by atoms with van der Waals surface area (Å²) in [6.45, 7) is 5.38. The molecule has 0 saturated carbocycles. The van der Waals surface area contributed by atoms with E-state index in [0.717, 1.165) is 0 Å². The number of aliphatic hydroxyl groups excluding tert-OH is 1. The number of rotatable bonds is 9. The summed E-state index contributed by atoms with van der Waals surface area (Å²) in [5.74, 6) is 2.04. The van der Waals surface area contributed by atoms with Crippen LogP contribution in [-0.4, -0.2) is 65.3 Å². The van der Waals surface area contributed by atoms with E-state index in [9.17, 15) is 24.3 Å². The van der Waals surface area contributed by atoms with Gasteiger partial charge in [-0.2, -0.15) is 0 Å². The molecule has 2 amide bonds. The number of hydrogen-bond donors (Lipinski definition) is 4. The maximum Gasteiger partial charge on any atom is 0.328 e. The second-order valence-corrected chi connectivity index (χ2v) is 9.12. The van der Waals surface area contributed by atoms with Crippen LogP contribution in [0, 0.1) is 17.4 Å². The van der Waals surface area contributed by atoms with Crippen LogP contribution in [0.3, 0.4) is 0 Å². The van der Waals surface area contributed by atoms with Crippen molar-refractivity contribution in [3.05, 3.63) is 11.6 Å². The van der Waals surface area contributed by atoms with Gasteiger partial charge in [0.2, 0.25) is 11.8 Å². The van der Waals surface area contributed by atoms with Crippen molar-refractivity contribution >= 4 is 41.7 Å². The zero-order valence-electron chi connectivity index (χ0n) is 21.1. The standard InChI is InChI=1S/C24H33N5O7/c1-24(2,3)23(34)28-17-13-15-20(27-17)25-14-29(21(15)32)12-8-6-7-9-18(30)26-16(22(33)36-5)10-11-19(31)35-4/h13-14,16,21,27,32H,6-7,9-11H2,1-5H3,(H,26,30)(H,28,34)/t16-,21?/m1/s1. The quantitative estimate of drug-likeness (QED) is 0.225. The van der Waals surface area contributed by atoms with Crippen LogP contribution in [-0.2, 0) is 28.7 Å². The molecule has 36 heavy (non-hydrogen) atoms. The number of ether oxygens (including phenoxy) is 2. The highest BCUT2D eigenvalue weighted by molar-refractivity contribution is 5.94. The van der Waals surface area contributed by atoms with Gasteiger partial charge in [0.25, 0.3) is 0 Å². The first-order valence-electron chi connectivity index (χ1n) is 11.4. The predicted molar refractivity (Wildman–Crippen MR) is 131 cm³/mol. The highest BCUT2D eigenvalue weighted by Crippen LogP contribution is 2.33. The van der Waals surface area contributed by atoms with Crippen molar-refractivity contribution in [1.82, 2.24) is 15.2 Å². The fraction of sp³-hybridized carbons (Fsp3) is 0.542. The van der Waals surface area contributed by atoms with Gasteiger partial charge in [-0.1, -0.05) is 26.7 Å². The molecule has 12 nitrogen and oxygen atoms in total. The number of fused-ring (bicyclic) bond motifs is 1. The van der Waals surface area contributed by atoms with E-state index in [-0.39, 0.29) is 31.1 Å². The third-order valence-electron chi connectivity index (χ3n) is 5.21. The third kappa shape index (κ3) is 8.13. The Morgan fingerprint density at radius 2 is 1.94 bits per heavy atom. The van der Waals surface area contributed by atoms with Gasteiger partial charge in [0.1, 0.15) is 24.0 Å². The molecule has 1 aromatic heterocycles. The van der Waals surface area contributed by atoms with Crippen molar-refractivity contribution in [2.45, 2.75) is 65.1 Å². The molecule has 2 rings (SSSR count). The Kier molecular flexibility index (Phi) is 10.0. The van der Waals surface area contributed by atoms with Crippen molar-refractivity contribution in [3.8, 4) is 12.0 Å². The number of hydrogen-bond acceptors (Lipinski definition) is 9. The summed E-state index contributed by atoms with van der Waals surface area (Å²) >= 11 is 0. The lowest BCUT2D eigenvalue weighted by Crippen LogP contribution is -2.41. The first-order chi connectivity index (χ1) is 17.0. The molecular formula is C24H33N5O7. The van der Waals surface area contributed by atoms with Crippen molar-refractivity contribution in [3.63, 3.8) is 0 Å². The molecule has 0 fully saturated rings. The lowest BCUT2D eigenvalue weighted by molar-refractivity contribution is -0.146. The normalized spacial score (nSPS) is 15.2. The Balaban J connectivity index is 1.85. The summed E-state index contributed by atoms with van der Waals surface area (Å²) in [6.07, 6.45) is 1.19. The summed E-state index contributed by atoms with van der Waals surface area (Å²) in [6, 6.07) is 3.46. The molecule has 0 radical (unpaired) electrons. The number of esters is 2. The predicted octanol–water partition coefficient (Wildman–Crippen LogP) is 1.71. The number of anilines is 1. The molecule has 12 heteroatoms. The molecule has 196 valence electrons. The molecular weight excluding hydrogens is 470 g/mol. The van der Waals surface area contributed by atoms with Gasteiger partial charge in [0, 0.05) is 36.3 Å². The van der Waals surface area contributed by atoms with Gasteiger partial charge in [-0.25, -0.2) is 9.79 Å². The number of aromatic amines is 1. The fourth-order valence-corrected chi connectivity index (χ4v) is 3.07. The van der Waals surface area contributed by atoms with Gasteiger partial charge in [0.15, 0.2) is 6.23 Å². The number of unbranched alkanes of at least 4 members (excludes halogenated alkanes) is 1. The first-order valence-corrected chi connectivity index (χ1v) is 11.4. The number of H-pyrrole nitrogens is 1. The van der Waals surface area contributed by atoms with Crippen molar-refractivity contribution in [2.24, 2.45) is 10.4 Å². The molecule has 0 spiro atoms. The van der Waals surface area contributed by atoms with Gasteiger partial charge in [-0.05, 0) is 18.9 Å². The maximum absolute atomic E-state index is 12.2. The average molecular weight is 504 g/mol. The second kappa shape index (κ2) is 12.7.